The molecule has 8 heteroatoms. The van der Waals surface area contributed by atoms with Gasteiger partial charge in [-0.05, 0) is 19.8 Å². The third-order valence-electron chi connectivity index (χ3n) is 3.01. The largest absolute Gasteiger partial charge is 0.369 e. The standard InChI is InChI=1S/C15H26N6O2/c1-4-6-17-13-11(3)20-14(18-7-5-2)12(21-13)15(23)19-9-8-16-10-22/h10H,4-9H2,1-3H3,(H,16,22)(H,17,21)(H,18,20)(H,19,23). The molecule has 4 N–H and O–H groups in total. The number of amides is 2. The number of hydrogen-bond donors (Lipinski definition) is 4. The Morgan fingerprint density at radius 3 is 2.26 bits per heavy atom. The van der Waals surface area contributed by atoms with Gasteiger partial charge in [0.05, 0.1) is 5.69 Å². The van der Waals surface area contributed by atoms with Gasteiger partial charge in [-0.15, -0.1) is 0 Å². The summed E-state index contributed by atoms with van der Waals surface area (Å²) in [6.45, 7) is 8.13. The average molecular weight is 322 g/mol. The fourth-order valence-electron chi connectivity index (χ4n) is 1.85. The molecule has 0 bridgehead atoms. The Bertz CT molecular complexity index is 521. The van der Waals surface area contributed by atoms with E-state index in [0.717, 1.165) is 25.1 Å². The minimum Gasteiger partial charge on any atom is -0.369 e. The summed E-state index contributed by atoms with van der Waals surface area (Å²) in [6.07, 6.45) is 2.47. The number of nitrogens with zero attached hydrogens (tertiary/aromatic N) is 2. The molecule has 1 aromatic rings. The van der Waals surface area contributed by atoms with Crippen molar-refractivity contribution in [3.63, 3.8) is 0 Å². The summed E-state index contributed by atoms with van der Waals surface area (Å²) in [5.41, 5.74) is 1.00. The minimum atomic E-state index is -0.316. The fraction of sp³-hybridized carbons (Fsp3) is 0.600. The van der Waals surface area contributed by atoms with Crippen LogP contribution in [0.2, 0.25) is 0 Å². The quantitative estimate of drug-likeness (QED) is 0.356. The molecule has 0 aromatic carbocycles. The molecule has 128 valence electrons. The highest BCUT2D eigenvalue weighted by Gasteiger charge is 2.17. The number of aryl methyl sites for hydroxylation is 1. The summed E-state index contributed by atoms with van der Waals surface area (Å²) in [4.78, 5) is 31.4. The zero-order chi connectivity index (χ0) is 17.1. The minimum absolute atomic E-state index is 0.258. The second-order valence-electron chi connectivity index (χ2n) is 5.04. The molecule has 0 atom stereocenters. The highest BCUT2D eigenvalue weighted by molar-refractivity contribution is 5.97. The van der Waals surface area contributed by atoms with Gasteiger partial charge in [-0.2, -0.15) is 0 Å². The average Bonchev–Trinajstić information content (AvgIpc) is 2.55. The Hall–Kier alpha value is -2.38. The van der Waals surface area contributed by atoms with E-state index in [1.165, 1.54) is 0 Å². The summed E-state index contributed by atoms with van der Waals surface area (Å²) in [6, 6.07) is 0. The van der Waals surface area contributed by atoms with Crippen molar-refractivity contribution in [2.75, 3.05) is 36.8 Å². The molecule has 0 saturated carbocycles. The topological polar surface area (TPSA) is 108 Å². The van der Waals surface area contributed by atoms with Crippen molar-refractivity contribution < 1.29 is 9.59 Å². The molecule has 8 nitrogen and oxygen atoms in total. The van der Waals surface area contributed by atoms with E-state index in [-0.39, 0.29) is 11.6 Å². The number of carbonyl (C=O) groups is 2. The Morgan fingerprint density at radius 1 is 1.00 bits per heavy atom. The summed E-state index contributed by atoms with van der Waals surface area (Å²) in [7, 11) is 0. The van der Waals surface area contributed by atoms with Gasteiger partial charge in [0.1, 0.15) is 5.82 Å². The monoisotopic (exact) mass is 322 g/mol. The van der Waals surface area contributed by atoms with Crippen LogP contribution in [0, 0.1) is 6.92 Å². The van der Waals surface area contributed by atoms with E-state index >= 15 is 0 Å². The van der Waals surface area contributed by atoms with Crippen LogP contribution in [-0.2, 0) is 4.79 Å². The van der Waals surface area contributed by atoms with Gasteiger partial charge in [-0.1, -0.05) is 13.8 Å². The van der Waals surface area contributed by atoms with Crippen molar-refractivity contribution in [3.05, 3.63) is 11.4 Å². The molecule has 0 aliphatic rings. The first-order chi connectivity index (χ1) is 11.1. The van der Waals surface area contributed by atoms with Gasteiger partial charge in [-0.3, -0.25) is 9.59 Å². The van der Waals surface area contributed by atoms with Crippen molar-refractivity contribution >= 4 is 24.0 Å². The Labute approximate surface area is 136 Å². The first kappa shape index (κ1) is 18.7. The number of anilines is 2. The second-order valence-corrected chi connectivity index (χ2v) is 5.04. The van der Waals surface area contributed by atoms with Crippen LogP contribution in [0.15, 0.2) is 0 Å². The van der Waals surface area contributed by atoms with Gasteiger partial charge >= 0.3 is 0 Å². The number of rotatable bonds is 11. The summed E-state index contributed by atoms with van der Waals surface area (Å²) >= 11 is 0. The van der Waals surface area contributed by atoms with Crippen LogP contribution in [0.5, 0.6) is 0 Å². The SMILES string of the molecule is CCCNc1nc(C(=O)NCCNC=O)c(NCCC)nc1C. The van der Waals surface area contributed by atoms with Crippen molar-refractivity contribution in [1.82, 2.24) is 20.6 Å². The Morgan fingerprint density at radius 2 is 1.65 bits per heavy atom. The molecule has 0 aliphatic carbocycles. The lowest BCUT2D eigenvalue weighted by molar-refractivity contribution is -0.109. The van der Waals surface area contributed by atoms with Crippen LogP contribution < -0.4 is 21.3 Å². The van der Waals surface area contributed by atoms with E-state index in [9.17, 15) is 9.59 Å². The molecular weight excluding hydrogens is 296 g/mol. The molecule has 1 rings (SSSR count). The van der Waals surface area contributed by atoms with E-state index < -0.39 is 0 Å². The zero-order valence-corrected chi connectivity index (χ0v) is 14.0. The van der Waals surface area contributed by atoms with Gasteiger partial charge in [-0.25, -0.2) is 9.97 Å². The van der Waals surface area contributed by atoms with Gasteiger partial charge < -0.3 is 21.3 Å². The van der Waals surface area contributed by atoms with Gasteiger partial charge in [0.2, 0.25) is 6.41 Å². The van der Waals surface area contributed by atoms with E-state index in [4.69, 9.17) is 0 Å². The van der Waals surface area contributed by atoms with Gasteiger partial charge in [0.25, 0.3) is 5.91 Å². The molecule has 0 unspecified atom stereocenters. The third-order valence-corrected chi connectivity index (χ3v) is 3.01. The summed E-state index contributed by atoms with van der Waals surface area (Å²) < 4.78 is 0. The number of nitrogens with one attached hydrogen (secondary N) is 4. The molecule has 1 aromatic heterocycles. The molecule has 23 heavy (non-hydrogen) atoms. The normalized spacial score (nSPS) is 10.0. The predicted octanol–water partition coefficient (Wildman–Crippen LogP) is 0.905. The van der Waals surface area contributed by atoms with Gasteiger partial charge in [0, 0.05) is 26.2 Å². The molecule has 1 heterocycles. The lowest BCUT2D eigenvalue weighted by atomic mass is 10.3. The van der Waals surface area contributed by atoms with E-state index in [1.807, 2.05) is 13.8 Å². The van der Waals surface area contributed by atoms with Crippen LogP contribution >= 0.6 is 0 Å². The lowest BCUT2D eigenvalue weighted by Crippen LogP contribution is -2.32. The zero-order valence-electron chi connectivity index (χ0n) is 14.0. The first-order valence-electron chi connectivity index (χ1n) is 7.95. The van der Waals surface area contributed by atoms with Crippen LogP contribution in [0.1, 0.15) is 42.9 Å². The maximum absolute atomic E-state index is 12.3. The van der Waals surface area contributed by atoms with E-state index in [2.05, 4.69) is 38.2 Å². The molecule has 0 radical (unpaired) electrons. The van der Waals surface area contributed by atoms with Crippen LogP contribution in [-0.4, -0.2) is 48.5 Å². The van der Waals surface area contributed by atoms with Gasteiger partial charge in [0.15, 0.2) is 11.5 Å². The van der Waals surface area contributed by atoms with Crippen LogP contribution in [0.3, 0.4) is 0 Å². The lowest BCUT2D eigenvalue weighted by Gasteiger charge is -2.14. The molecule has 0 saturated heterocycles. The van der Waals surface area contributed by atoms with Crippen LogP contribution in [0.4, 0.5) is 11.6 Å². The van der Waals surface area contributed by atoms with E-state index in [1.54, 1.807) is 0 Å². The smallest absolute Gasteiger partial charge is 0.273 e. The molecule has 0 aliphatic heterocycles. The fourth-order valence-corrected chi connectivity index (χ4v) is 1.85. The van der Waals surface area contributed by atoms with Crippen molar-refractivity contribution in [1.29, 1.82) is 0 Å². The second kappa shape index (κ2) is 10.4. The molecule has 2 amide bonds. The van der Waals surface area contributed by atoms with Crippen molar-refractivity contribution in [2.24, 2.45) is 0 Å². The highest BCUT2D eigenvalue weighted by atomic mass is 16.2. The van der Waals surface area contributed by atoms with E-state index in [0.29, 0.717) is 37.7 Å². The highest BCUT2D eigenvalue weighted by Crippen LogP contribution is 2.17. The first-order valence-corrected chi connectivity index (χ1v) is 7.95. The maximum Gasteiger partial charge on any atom is 0.273 e. The summed E-state index contributed by atoms with van der Waals surface area (Å²) in [5.74, 6) is 0.778. The Kier molecular flexibility index (Phi) is 8.41. The van der Waals surface area contributed by atoms with Crippen molar-refractivity contribution in [2.45, 2.75) is 33.6 Å². The number of carbonyl (C=O) groups excluding carboxylic acids is 2. The number of aromatic nitrogens is 2. The van der Waals surface area contributed by atoms with Crippen molar-refractivity contribution in [3.8, 4) is 0 Å². The number of hydrogen-bond acceptors (Lipinski definition) is 6. The van der Waals surface area contributed by atoms with Crippen LogP contribution in [0.25, 0.3) is 0 Å². The maximum atomic E-state index is 12.3. The Balaban J connectivity index is 2.93. The molecular formula is C15H26N6O2. The molecule has 0 spiro atoms. The third kappa shape index (κ3) is 6.09. The molecule has 0 fully saturated rings. The summed E-state index contributed by atoms with van der Waals surface area (Å²) in [5, 5.41) is 11.5. The predicted molar refractivity (Wildman–Crippen MR) is 90.7 cm³/mol.